The number of piperidine rings is 1. The van der Waals surface area contributed by atoms with Crippen LogP contribution in [0.1, 0.15) is 56.9 Å². The van der Waals surface area contributed by atoms with Gasteiger partial charge in [0.1, 0.15) is 30.6 Å². The number of hydrogen-bond donors (Lipinski definition) is 2. The van der Waals surface area contributed by atoms with Crippen LogP contribution < -0.4 is 20.1 Å². The number of Topliss-reactive ketones (excluding diaryl/α,β-unsaturated/α-hetero) is 1. The summed E-state index contributed by atoms with van der Waals surface area (Å²) in [5.41, 5.74) is 2.36. The molecule has 0 spiro atoms. The third-order valence-corrected chi connectivity index (χ3v) is 8.45. The number of ether oxygens (including phenoxy) is 3. The fourth-order valence-electron chi connectivity index (χ4n) is 5.67. The van der Waals surface area contributed by atoms with Crippen molar-refractivity contribution in [3.8, 4) is 23.8 Å². The van der Waals surface area contributed by atoms with Crippen LogP contribution in [-0.4, -0.2) is 90.8 Å². The summed E-state index contributed by atoms with van der Waals surface area (Å²) in [6, 6.07) is 10.7. The fourth-order valence-corrected chi connectivity index (χ4v) is 5.67. The SMILES string of the molecule is C#Cc1cccc(Nc2ncnc3cc(OC)c(OCCNC(=O)C(CCCCCC(=O)C4CO4)=NC(=O)C4CCCCN4C)cc23)c1. The number of aliphatic imine (C=N–C) groups is 1. The smallest absolute Gasteiger partial charge is 0.265 e. The summed E-state index contributed by atoms with van der Waals surface area (Å²) in [4.78, 5) is 53.5. The number of likely N-dealkylation sites (N-methyl/N-ethyl adjacent to an activating group) is 1. The van der Waals surface area contributed by atoms with Crippen LogP contribution in [0, 0.1) is 12.3 Å². The molecule has 1 aromatic heterocycles. The van der Waals surface area contributed by atoms with Gasteiger partial charge in [-0.3, -0.25) is 19.3 Å². The second kappa shape index (κ2) is 16.8. The van der Waals surface area contributed by atoms with Gasteiger partial charge >= 0.3 is 0 Å². The number of nitrogens with zero attached hydrogens (tertiary/aromatic N) is 4. The number of methoxy groups -OCH3 is 1. The Morgan fingerprint density at radius 2 is 1.94 bits per heavy atom. The highest BCUT2D eigenvalue weighted by atomic mass is 16.6. The normalized spacial score (nSPS) is 17.7. The molecule has 2 fully saturated rings. The zero-order chi connectivity index (χ0) is 33.9. The number of ketones is 1. The molecule has 2 unspecified atom stereocenters. The number of terminal acetylenes is 1. The maximum atomic E-state index is 13.3. The molecule has 0 saturated carbocycles. The highest BCUT2D eigenvalue weighted by Gasteiger charge is 2.30. The second-order valence-corrected chi connectivity index (χ2v) is 11.9. The molecular formula is C36H42N6O6. The van der Waals surface area contributed by atoms with Gasteiger partial charge in [0.2, 0.25) is 0 Å². The number of anilines is 2. The van der Waals surface area contributed by atoms with Gasteiger partial charge in [-0.2, -0.15) is 0 Å². The number of fused-ring (bicyclic) bond motifs is 1. The third-order valence-electron chi connectivity index (χ3n) is 8.45. The summed E-state index contributed by atoms with van der Waals surface area (Å²) in [5.74, 6) is 3.53. The van der Waals surface area contributed by atoms with Crippen LogP contribution in [0.15, 0.2) is 47.7 Å². The van der Waals surface area contributed by atoms with Gasteiger partial charge in [0.15, 0.2) is 17.3 Å². The van der Waals surface area contributed by atoms with Gasteiger partial charge in [-0.05, 0) is 70.0 Å². The first-order valence-electron chi connectivity index (χ1n) is 16.4. The molecule has 2 saturated heterocycles. The summed E-state index contributed by atoms with van der Waals surface area (Å²) in [6.45, 7) is 1.64. The Bertz CT molecular complexity index is 1700. The number of carbonyl (C=O) groups is 3. The molecule has 252 valence electrons. The summed E-state index contributed by atoms with van der Waals surface area (Å²) in [7, 11) is 3.46. The monoisotopic (exact) mass is 654 g/mol. The standard InChI is InChI=1S/C36H42N6O6/c1-4-24-11-10-12-25(19-24)40-34-26-20-32(31(46-3)21-28(26)38-23-39-34)47-18-16-37-35(44)27(13-6-5-7-15-30(43)33-22-48-33)41-36(45)29-14-8-9-17-42(29)2/h1,10-12,19-21,23,29,33H,5-9,13-18,22H2,2-3H3,(H,37,44)(H,38,39,40). The van der Waals surface area contributed by atoms with Crippen molar-refractivity contribution in [2.24, 2.45) is 4.99 Å². The number of rotatable bonds is 16. The number of aromatic nitrogens is 2. The quantitative estimate of drug-likeness (QED) is 0.0996. The number of unbranched alkanes of at least 4 members (excludes halogenated alkanes) is 2. The van der Waals surface area contributed by atoms with E-state index in [1.807, 2.05) is 36.2 Å². The zero-order valence-corrected chi connectivity index (χ0v) is 27.5. The summed E-state index contributed by atoms with van der Waals surface area (Å²) < 4.78 is 16.7. The highest BCUT2D eigenvalue weighted by molar-refractivity contribution is 6.40. The number of benzene rings is 2. The van der Waals surface area contributed by atoms with Crippen LogP contribution in [0.3, 0.4) is 0 Å². The molecule has 12 nitrogen and oxygen atoms in total. The number of carbonyl (C=O) groups excluding carboxylic acids is 3. The Kier molecular flexibility index (Phi) is 12.1. The van der Waals surface area contributed by atoms with Gasteiger partial charge in [-0.25, -0.2) is 15.0 Å². The number of epoxide rings is 1. The van der Waals surface area contributed by atoms with Gasteiger partial charge in [0.25, 0.3) is 11.8 Å². The topological polar surface area (TPSA) is 148 Å². The molecule has 12 heteroatoms. The van der Waals surface area contributed by atoms with E-state index < -0.39 is 5.91 Å². The lowest BCUT2D eigenvalue weighted by Crippen LogP contribution is -2.42. The van der Waals surface area contributed by atoms with Crippen molar-refractivity contribution in [2.75, 3.05) is 45.8 Å². The summed E-state index contributed by atoms with van der Waals surface area (Å²) in [6.07, 6.45) is 12.4. The van der Waals surface area contributed by atoms with Gasteiger partial charge in [0, 0.05) is 29.1 Å². The molecule has 5 rings (SSSR count). The van der Waals surface area contributed by atoms with E-state index in [1.54, 1.807) is 19.2 Å². The van der Waals surface area contributed by atoms with Crippen molar-refractivity contribution in [3.63, 3.8) is 0 Å². The molecule has 2 amide bonds. The van der Waals surface area contributed by atoms with Crippen LogP contribution in [0.2, 0.25) is 0 Å². The fraction of sp³-hybridized carbons (Fsp3) is 0.444. The average molecular weight is 655 g/mol. The zero-order valence-electron chi connectivity index (χ0n) is 27.5. The van der Waals surface area contributed by atoms with Crippen LogP contribution in [0.25, 0.3) is 10.9 Å². The van der Waals surface area contributed by atoms with E-state index in [-0.39, 0.29) is 42.7 Å². The molecular weight excluding hydrogens is 612 g/mol. The van der Waals surface area contributed by atoms with Crippen molar-refractivity contribution in [1.82, 2.24) is 20.2 Å². The number of hydrogen-bond acceptors (Lipinski definition) is 10. The lowest BCUT2D eigenvalue weighted by molar-refractivity contribution is -0.124. The van der Waals surface area contributed by atoms with E-state index in [0.29, 0.717) is 60.5 Å². The first kappa shape index (κ1) is 34.5. The lowest BCUT2D eigenvalue weighted by atomic mass is 10.0. The van der Waals surface area contributed by atoms with Gasteiger partial charge in [0.05, 0.1) is 31.8 Å². The van der Waals surface area contributed by atoms with E-state index in [4.69, 9.17) is 20.6 Å². The Morgan fingerprint density at radius 1 is 1.10 bits per heavy atom. The Hall–Kier alpha value is -4.86. The van der Waals surface area contributed by atoms with Gasteiger partial charge < -0.3 is 24.8 Å². The Labute approximate surface area is 280 Å². The van der Waals surface area contributed by atoms with E-state index in [9.17, 15) is 14.4 Å². The van der Waals surface area contributed by atoms with Gasteiger partial charge in [-0.15, -0.1) is 6.42 Å². The number of likely N-dealkylation sites (tertiary alicyclic amines) is 1. The van der Waals surface area contributed by atoms with Crippen LogP contribution in [0.4, 0.5) is 11.5 Å². The molecule has 3 aromatic rings. The maximum absolute atomic E-state index is 13.3. The maximum Gasteiger partial charge on any atom is 0.265 e. The molecule has 2 atom stereocenters. The minimum atomic E-state index is -0.410. The summed E-state index contributed by atoms with van der Waals surface area (Å²) >= 11 is 0. The third kappa shape index (κ3) is 9.36. The Balaban J connectivity index is 1.21. The highest BCUT2D eigenvalue weighted by Crippen LogP contribution is 2.34. The molecule has 2 aliphatic rings. The first-order chi connectivity index (χ1) is 23.4. The molecule has 48 heavy (non-hydrogen) atoms. The van der Waals surface area contributed by atoms with Crippen molar-refractivity contribution in [3.05, 3.63) is 48.3 Å². The van der Waals surface area contributed by atoms with E-state index in [0.717, 1.165) is 43.5 Å². The predicted octanol–water partition coefficient (Wildman–Crippen LogP) is 4.23. The van der Waals surface area contributed by atoms with E-state index in [2.05, 4.69) is 31.5 Å². The van der Waals surface area contributed by atoms with Crippen molar-refractivity contribution >= 4 is 45.7 Å². The molecule has 0 aliphatic carbocycles. The van der Waals surface area contributed by atoms with Crippen LogP contribution in [-0.2, 0) is 19.1 Å². The molecule has 3 heterocycles. The number of nitrogens with one attached hydrogen (secondary N) is 2. The molecule has 0 radical (unpaired) electrons. The second-order valence-electron chi connectivity index (χ2n) is 11.9. The minimum absolute atomic E-state index is 0.120. The summed E-state index contributed by atoms with van der Waals surface area (Å²) in [5, 5.41) is 6.86. The Morgan fingerprint density at radius 3 is 2.71 bits per heavy atom. The largest absolute Gasteiger partial charge is 0.493 e. The molecule has 0 bridgehead atoms. The average Bonchev–Trinajstić information content (AvgIpc) is 3.95. The first-order valence-corrected chi connectivity index (χ1v) is 16.4. The van der Waals surface area contributed by atoms with E-state index in [1.165, 1.54) is 6.33 Å². The van der Waals surface area contributed by atoms with Crippen molar-refractivity contribution in [1.29, 1.82) is 0 Å². The van der Waals surface area contributed by atoms with Crippen molar-refractivity contribution < 1.29 is 28.6 Å². The van der Waals surface area contributed by atoms with Crippen molar-refractivity contribution in [2.45, 2.75) is 63.5 Å². The van der Waals surface area contributed by atoms with E-state index >= 15 is 0 Å². The van der Waals surface area contributed by atoms with Crippen LogP contribution in [0.5, 0.6) is 11.5 Å². The van der Waals surface area contributed by atoms with Crippen LogP contribution >= 0.6 is 0 Å². The van der Waals surface area contributed by atoms with Gasteiger partial charge in [-0.1, -0.05) is 24.8 Å². The lowest BCUT2D eigenvalue weighted by Gasteiger charge is -2.29. The molecule has 2 N–H and O–H groups in total. The molecule has 2 aliphatic heterocycles. The molecule has 2 aromatic carbocycles. The minimum Gasteiger partial charge on any atom is -0.493 e. The predicted molar refractivity (Wildman–Crippen MR) is 183 cm³/mol. The number of amides is 2.